The number of aromatic nitrogens is 1. The van der Waals surface area contributed by atoms with E-state index < -0.39 is 16.2 Å². The molecule has 27 heavy (non-hydrogen) atoms. The molecule has 136 valence electrons. The van der Waals surface area contributed by atoms with Crippen LogP contribution in [0.5, 0.6) is 0 Å². The Balaban J connectivity index is 2.07. The molecule has 2 aromatic rings. The molecule has 4 N–H and O–H groups in total. The number of fused-ring (bicyclic) bond motifs is 4. The minimum Gasteiger partial charge on any atom is -0.425 e. The molecule has 0 bridgehead atoms. The van der Waals surface area contributed by atoms with Crippen LogP contribution in [0, 0.1) is 21.4 Å². The Bertz CT molecular complexity index is 1080. The summed E-state index contributed by atoms with van der Waals surface area (Å²) in [5.74, 6) is -0.0761. The number of nitrogens with one attached hydrogen (secondary N) is 2. The summed E-state index contributed by atoms with van der Waals surface area (Å²) in [5, 5.41) is 26.5. The molecule has 10 heteroatoms. The van der Waals surface area contributed by atoms with Crippen LogP contribution in [-0.2, 0) is 16.6 Å². The zero-order chi connectivity index (χ0) is 19.3. The number of non-ortho nitro benzene ring substituents is 1. The maximum Gasteiger partial charge on any atom is 0.269 e. The minimum absolute atomic E-state index is 0.0568. The smallest absolute Gasteiger partial charge is 0.269 e. The van der Waals surface area contributed by atoms with E-state index >= 15 is 0 Å². The summed E-state index contributed by atoms with van der Waals surface area (Å²) >= 11 is 0. The molecule has 1 aromatic carbocycles. The van der Waals surface area contributed by atoms with Crippen LogP contribution in [-0.4, -0.2) is 15.8 Å². The van der Waals surface area contributed by atoms with Crippen LogP contribution in [0.4, 0.5) is 17.3 Å². The van der Waals surface area contributed by atoms with Gasteiger partial charge in [0.2, 0.25) is 11.8 Å². The number of nitro benzene ring substituents is 1. The maximum absolute atomic E-state index is 13.1. The van der Waals surface area contributed by atoms with Gasteiger partial charge in [0, 0.05) is 29.8 Å². The third-order valence-corrected chi connectivity index (χ3v) is 4.70. The zero-order valence-corrected chi connectivity index (χ0v) is 14.2. The van der Waals surface area contributed by atoms with Crippen molar-refractivity contribution in [2.45, 2.75) is 25.2 Å². The number of nitrogens with zero attached hydrogens (tertiary/aromatic N) is 3. The second kappa shape index (κ2) is 5.57. The van der Waals surface area contributed by atoms with E-state index in [1.54, 1.807) is 0 Å². The summed E-state index contributed by atoms with van der Waals surface area (Å²) in [7, 11) is 0. The third kappa shape index (κ3) is 2.05. The van der Waals surface area contributed by atoms with Crippen molar-refractivity contribution in [3.63, 3.8) is 0 Å². The van der Waals surface area contributed by atoms with Crippen LogP contribution in [0.15, 0.2) is 34.0 Å². The molecule has 0 radical (unpaired) electrons. The molecule has 1 aromatic heterocycles. The van der Waals surface area contributed by atoms with Gasteiger partial charge in [0.1, 0.15) is 17.6 Å². The van der Waals surface area contributed by atoms with E-state index in [4.69, 9.17) is 10.2 Å². The van der Waals surface area contributed by atoms with Crippen LogP contribution in [0.2, 0.25) is 0 Å². The van der Waals surface area contributed by atoms with Gasteiger partial charge in [-0.3, -0.25) is 14.9 Å². The molecule has 4 rings (SSSR count). The molecule has 0 saturated carbocycles. The van der Waals surface area contributed by atoms with E-state index in [2.05, 4.69) is 15.6 Å². The molecule has 1 spiro atoms. The lowest BCUT2D eigenvalue weighted by Gasteiger charge is -2.30. The van der Waals surface area contributed by atoms with E-state index in [1.165, 1.54) is 18.2 Å². The fraction of sp³-hybridized carbons (Fsp3) is 0.235. The number of anilines is 2. The molecule has 2 aliphatic heterocycles. The average molecular weight is 366 g/mol. The third-order valence-electron chi connectivity index (χ3n) is 4.70. The number of nitrogens with two attached hydrogens (primary N) is 1. The van der Waals surface area contributed by atoms with Crippen molar-refractivity contribution < 1.29 is 14.1 Å². The molecule has 3 heterocycles. The lowest BCUT2D eigenvalue weighted by molar-refractivity contribution is -0.384. The van der Waals surface area contributed by atoms with Crippen molar-refractivity contribution in [1.29, 1.82) is 5.26 Å². The highest BCUT2D eigenvalue weighted by molar-refractivity contribution is 6.13. The van der Waals surface area contributed by atoms with Gasteiger partial charge in [-0.1, -0.05) is 6.92 Å². The normalized spacial score (nSPS) is 19.9. The van der Waals surface area contributed by atoms with Gasteiger partial charge in [-0.15, -0.1) is 0 Å². The number of amides is 1. The number of hydrogen-bond donors (Lipinski definition) is 3. The summed E-state index contributed by atoms with van der Waals surface area (Å²) in [6.07, 6.45) is 1.28. The summed E-state index contributed by atoms with van der Waals surface area (Å²) in [4.78, 5) is 28.2. The van der Waals surface area contributed by atoms with E-state index in [-0.39, 0.29) is 34.2 Å². The summed E-state index contributed by atoms with van der Waals surface area (Å²) in [6.45, 7) is 1.95. The molecule has 0 aliphatic carbocycles. The Morgan fingerprint density at radius 3 is 2.89 bits per heavy atom. The summed E-state index contributed by atoms with van der Waals surface area (Å²) < 4.78 is 5.68. The van der Waals surface area contributed by atoms with Crippen molar-refractivity contribution in [2.24, 2.45) is 5.73 Å². The van der Waals surface area contributed by atoms with Gasteiger partial charge in [-0.2, -0.15) is 5.26 Å². The van der Waals surface area contributed by atoms with Gasteiger partial charge < -0.3 is 20.8 Å². The Kier molecular flexibility index (Phi) is 3.42. The predicted molar refractivity (Wildman–Crippen MR) is 93.5 cm³/mol. The minimum atomic E-state index is -1.70. The number of carbonyl (C=O) groups excluding carboxylic acids is 1. The van der Waals surface area contributed by atoms with Crippen LogP contribution >= 0.6 is 0 Å². The summed E-state index contributed by atoms with van der Waals surface area (Å²) in [5.41, 5.74) is 4.80. The monoisotopic (exact) mass is 366 g/mol. The highest BCUT2D eigenvalue weighted by atomic mass is 16.6. The van der Waals surface area contributed by atoms with E-state index in [9.17, 15) is 20.2 Å². The molecule has 1 amide bonds. The molecule has 1 atom stereocenters. The number of hydrogen-bond acceptors (Lipinski definition) is 8. The number of carbonyl (C=O) groups is 1. The number of rotatable bonds is 3. The zero-order valence-electron chi connectivity index (χ0n) is 14.2. The number of aryl methyl sites for hydroxylation is 1. The van der Waals surface area contributed by atoms with E-state index in [1.807, 2.05) is 13.0 Å². The average Bonchev–Trinajstić information content (AvgIpc) is 3.14. The molecular formula is C17H14N6O4. The number of benzene rings is 1. The molecule has 0 unspecified atom stereocenters. The molecular weight excluding hydrogens is 352 g/mol. The first kappa shape index (κ1) is 16.6. The standard InChI is InChI=1S/C17H14N6O4/c1-2-3-12-21-13-15(27-12)22-14(19)10(7-18)17(13)9-6-8(23(25)26)4-5-11(9)20-16(17)24/h4-6,22H,2-3,19H2,1H3,(H,20,24)/t17-/m1/s1. The molecule has 0 fully saturated rings. The second-order valence-corrected chi connectivity index (χ2v) is 6.25. The van der Waals surface area contributed by atoms with Crippen LogP contribution < -0.4 is 16.4 Å². The van der Waals surface area contributed by atoms with Crippen LogP contribution in [0.3, 0.4) is 0 Å². The Morgan fingerprint density at radius 1 is 1.44 bits per heavy atom. The maximum atomic E-state index is 13.1. The molecule has 10 nitrogen and oxygen atoms in total. The summed E-state index contributed by atoms with van der Waals surface area (Å²) in [6, 6.07) is 5.95. The van der Waals surface area contributed by atoms with E-state index in [0.717, 1.165) is 6.42 Å². The fourth-order valence-electron chi connectivity index (χ4n) is 3.56. The first-order chi connectivity index (χ1) is 12.9. The topological polar surface area (TPSA) is 160 Å². The lowest BCUT2D eigenvalue weighted by Crippen LogP contribution is -2.43. The van der Waals surface area contributed by atoms with Crippen molar-refractivity contribution in [3.05, 3.63) is 56.9 Å². The first-order valence-electron chi connectivity index (χ1n) is 8.21. The number of oxazole rings is 1. The van der Waals surface area contributed by atoms with Gasteiger partial charge >= 0.3 is 0 Å². The second-order valence-electron chi connectivity index (χ2n) is 6.25. The Labute approximate surface area is 152 Å². The lowest BCUT2D eigenvalue weighted by atomic mass is 9.71. The SMILES string of the molecule is CCCc1nc2c(o1)NC(N)=C(C#N)[C@@]21C(=O)Nc2ccc([N+](=O)[O-])cc21. The van der Waals surface area contributed by atoms with Crippen molar-refractivity contribution >= 4 is 23.2 Å². The van der Waals surface area contributed by atoms with Gasteiger partial charge in [-0.05, 0) is 12.5 Å². The fourth-order valence-corrected chi connectivity index (χ4v) is 3.56. The predicted octanol–water partition coefficient (Wildman–Crippen LogP) is 1.89. The van der Waals surface area contributed by atoms with Gasteiger partial charge in [0.15, 0.2) is 11.3 Å². The number of nitriles is 1. The van der Waals surface area contributed by atoms with Crippen LogP contribution in [0.1, 0.15) is 30.5 Å². The van der Waals surface area contributed by atoms with Crippen LogP contribution in [0.25, 0.3) is 0 Å². The highest BCUT2D eigenvalue weighted by Crippen LogP contribution is 2.52. The van der Waals surface area contributed by atoms with Crippen molar-refractivity contribution in [1.82, 2.24) is 4.98 Å². The Hall–Kier alpha value is -3.87. The molecule has 2 aliphatic rings. The quantitative estimate of drug-likeness (QED) is 0.548. The first-order valence-corrected chi connectivity index (χ1v) is 8.21. The highest BCUT2D eigenvalue weighted by Gasteiger charge is 2.58. The number of nitro groups is 1. The Morgan fingerprint density at radius 2 is 2.22 bits per heavy atom. The van der Waals surface area contributed by atoms with Gasteiger partial charge in [0.05, 0.1) is 10.5 Å². The van der Waals surface area contributed by atoms with E-state index in [0.29, 0.717) is 18.0 Å². The van der Waals surface area contributed by atoms with Crippen molar-refractivity contribution in [2.75, 3.05) is 10.6 Å². The largest absolute Gasteiger partial charge is 0.425 e. The van der Waals surface area contributed by atoms with Gasteiger partial charge in [0.25, 0.3) is 5.69 Å². The van der Waals surface area contributed by atoms with Gasteiger partial charge in [-0.25, -0.2) is 4.98 Å². The van der Waals surface area contributed by atoms with Crippen molar-refractivity contribution in [3.8, 4) is 6.07 Å². The molecule has 0 saturated heterocycles.